The molecule has 1 N–H and O–H groups in total. The summed E-state index contributed by atoms with van der Waals surface area (Å²) in [6.45, 7) is 5.47. The lowest BCUT2D eigenvalue weighted by molar-refractivity contribution is 0.548. The van der Waals surface area contributed by atoms with E-state index < -0.39 is 0 Å². The van der Waals surface area contributed by atoms with Crippen molar-refractivity contribution < 1.29 is 0 Å². The normalized spacial score (nSPS) is 19.9. The SMILES string of the molecule is CCCc1ccc(N2CCC(CNC)C2)nn1. The fourth-order valence-electron chi connectivity index (χ4n) is 2.41. The zero-order valence-electron chi connectivity index (χ0n) is 10.8. The molecule has 1 aliphatic heterocycles. The molecule has 0 aromatic carbocycles. The van der Waals surface area contributed by atoms with Gasteiger partial charge in [-0.15, -0.1) is 5.10 Å². The highest BCUT2D eigenvalue weighted by atomic mass is 15.3. The van der Waals surface area contributed by atoms with Crippen molar-refractivity contribution in [1.82, 2.24) is 15.5 Å². The molecule has 0 spiro atoms. The Labute approximate surface area is 103 Å². The Kier molecular flexibility index (Phi) is 4.31. The van der Waals surface area contributed by atoms with E-state index in [2.05, 4.69) is 39.5 Å². The maximum absolute atomic E-state index is 4.33. The van der Waals surface area contributed by atoms with Gasteiger partial charge in [-0.05, 0) is 44.5 Å². The lowest BCUT2D eigenvalue weighted by atomic mass is 10.1. The molecule has 1 atom stereocenters. The van der Waals surface area contributed by atoms with Crippen LogP contribution in [0, 0.1) is 5.92 Å². The summed E-state index contributed by atoms with van der Waals surface area (Å²) in [5.41, 5.74) is 1.10. The van der Waals surface area contributed by atoms with Gasteiger partial charge in [-0.3, -0.25) is 0 Å². The molecule has 0 saturated carbocycles. The van der Waals surface area contributed by atoms with Gasteiger partial charge in [0.1, 0.15) is 0 Å². The second kappa shape index (κ2) is 5.96. The molecule has 1 aliphatic rings. The van der Waals surface area contributed by atoms with Crippen LogP contribution in [0.25, 0.3) is 0 Å². The second-order valence-electron chi connectivity index (χ2n) is 4.79. The van der Waals surface area contributed by atoms with Crippen LogP contribution in [0.4, 0.5) is 5.82 Å². The topological polar surface area (TPSA) is 41.0 Å². The van der Waals surface area contributed by atoms with E-state index in [4.69, 9.17) is 0 Å². The molecule has 0 amide bonds. The predicted octanol–water partition coefficient (Wildman–Crippen LogP) is 1.47. The van der Waals surface area contributed by atoms with Crippen molar-refractivity contribution in [3.8, 4) is 0 Å². The first-order chi connectivity index (χ1) is 8.33. The van der Waals surface area contributed by atoms with Crippen LogP contribution in [-0.4, -0.2) is 36.9 Å². The Bertz CT molecular complexity index is 336. The molecule has 0 aliphatic carbocycles. The zero-order chi connectivity index (χ0) is 12.1. The van der Waals surface area contributed by atoms with E-state index in [0.717, 1.165) is 49.9 Å². The number of aryl methyl sites for hydroxylation is 1. The third-order valence-corrected chi connectivity index (χ3v) is 3.31. The molecule has 1 aromatic rings. The predicted molar refractivity (Wildman–Crippen MR) is 70.3 cm³/mol. The highest BCUT2D eigenvalue weighted by Gasteiger charge is 2.22. The molecule has 1 saturated heterocycles. The summed E-state index contributed by atoms with van der Waals surface area (Å²) >= 11 is 0. The zero-order valence-corrected chi connectivity index (χ0v) is 10.8. The molecule has 4 heteroatoms. The molecule has 1 unspecified atom stereocenters. The second-order valence-corrected chi connectivity index (χ2v) is 4.79. The highest BCUT2D eigenvalue weighted by Crippen LogP contribution is 2.21. The molecule has 17 heavy (non-hydrogen) atoms. The van der Waals surface area contributed by atoms with Crippen LogP contribution in [0.15, 0.2) is 12.1 Å². The van der Waals surface area contributed by atoms with E-state index in [9.17, 15) is 0 Å². The number of aromatic nitrogens is 2. The molecule has 1 fully saturated rings. The lowest BCUT2D eigenvalue weighted by Gasteiger charge is -2.16. The minimum absolute atomic E-state index is 0.747. The molecule has 4 nitrogen and oxygen atoms in total. The van der Waals surface area contributed by atoms with E-state index in [-0.39, 0.29) is 0 Å². The van der Waals surface area contributed by atoms with Crippen LogP contribution in [0.2, 0.25) is 0 Å². The summed E-state index contributed by atoms with van der Waals surface area (Å²) in [4.78, 5) is 2.34. The summed E-state index contributed by atoms with van der Waals surface area (Å²) in [6.07, 6.45) is 3.40. The minimum Gasteiger partial charge on any atom is -0.355 e. The van der Waals surface area contributed by atoms with Crippen molar-refractivity contribution in [3.05, 3.63) is 17.8 Å². The van der Waals surface area contributed by atoms with Crippen LogP contribution in [-0.2, 0) is 6.42 Å². The highest BCUT2D eigenvalue weighted by molar-refractivity contribution is 5.38. The monoisotopic (exact) mass is 234 g/mol. The molecule has 2 heterocycles. The summed E-state index contributed by atoms with van der Waals surface area (Å²) in [5.74, 6) is 1.78. The van der Waals surface area contributed by atoms with Crippen molar-refractivity contribution in [2.75, 3.05) is 31.6 Å². The van der Waals surface area contributed by atoms with E-state index in [0.29, 0.717) is 0 Å². The Balaban J connectivity index is 1.94. The standard InChI is InChI=1S/C13H22N4/c1-3-4-12-5-6-13(16-15-12)17-8-7-11(10-17)9-14-2/h5-6,11,14H,3-4,7-10H2,1-2H3. The summed E-state index contributed by atoms with van der Waals surface area (Å²) in [5, 5.41) is 11.9. The number of nitrogens with one attached hydrogen (secondary N) is 1. The largest absolute Gasteiger partial charge is 0.355 e. The third-order valence-electron chi connectivity index (χ3n) is 3.31. The summed E-state index contributed by atoms with van der Waals surface area (Å²) in [7, 11) is 2.02. The first-order valence-corrected chi connectivity index (χ1v) is 6.55. The molecule has 0 bridgehead atoms. The van der Waals surface area contributed by atoms with Gasteiger partial charge in [-0.2, -0.15) is 5.10 Å². The number of anilines is 1. The Morgan fingerprint density at radius 1 is 1.41 bits per heavy atom. The maximum Gasteiger partial charge on any atom is 0.151 e. The molecule has 2 rings (SSSR count). The fourth-order valence-corrected chi connectivity index (χ4v) is 2.41. The van der Waals surface area contributed by atoms with Crippen LogP contribution in [0.3, 0.4) is 0 Å². The Morgan fingerprint density at radius 2 is 2.29 bits per heavy atom. The van der Waals surface area contributed by atoms with Gasteiger partial charge < -0.3 is 10.2 Å². The van der Waals surface area contributed by atoms with Gasteiger partial charge in [0.05, 0.1) is 5.69 Å². The molecular formula is C13H22N4. The quantitative estimate of drug-likeness (QED) is 0.838. The number of rotatable bonds is 5. The van der Waals surface area contributed by atoms with Crippen molar-refractivity contribution in [1.29, 1.82) is 0 Å². The summed E-state index contributed by atoms with van der Waals surface area (Å²) in [6, 6.07) is 4.22. The molecule has 1 aromatic heterocycles. The van der Waals surface area contributed by atoms with Crippen LogP contribution < -0.4 is 10.2 Å². The lowest BCUT2D eigenvalue weighted by Crippen LogP contribution is -2.25. The van der Waals surface area contributed by atoms with Gasteiger partial charge in [-0.1, -0.05) is 13.3 Å². The fraction of sp³-hybridized carbons (Fsp3) is 0.692. The van der Waals surface area contributed by atoms with Gasteiger partial charge >= 0.3 is 0 Å². The Morgan fingerprint density at radius 3 is 2.94 bits per heavy atom. The van der Waals surface area contributed by atoms with Crippen molar-refractivity contribution >= 4 is 5.82 Å². The number of hydrogen-bond donors (Lipinski definition) is 1. The van der Waals surface area contributed by atoms with E-state index in [1.165, 1.54) is 6.42 Å². The van der Waals surface area contributed by atoms with Crippen molar-refractivity contribution in [3.63, 3.8) is 0 Å². The summed E-state index contributed by atoms with van der Waals surface area (Å²) < 4.78 is 0. The van der Waals surface area contributed by atoms with Crippen molar-refractivity contribution in [2.24, 2.45) is 5.92 Å². The average molecular weight is 234 g/mol. The van der Waals surface area contributed by atoms with Crippen LogP contribution in [0.1, 0.15) is 25.5 Å². The molecule has 0 radical (unpaired) electrons. The molecule has 94 valence electrons. The molecular weight excluding hydrogens is 212 g/mol. The van der Waals surface area contributed by atoms with E-state index in [1.54, 1.807) is 0 Å². The van der Waals surface area contributed by atoms with Gasteiger partial charge in [0.2, 0.25) is 0 Å². The van der Waals surface area contributed by atoms with Gasteiger partial charge in [0, 0.05) is 13.1 Å². The average Bonchev–Trinajstić information content (AvgIpc) is 2.80. The number of nitrogens with zero attached hydrogens (tertiary/aromatic N) is 3. The van der Waals surface area contributed by atoms with E-state index in [1.807, 2.05) is 7.05 Å². The van der Waals surface area contributed by atoms with Gasteiger partial charge in [0.25, 0.3) is 0 Å². The third kappa shape index (κ3) is 3.16. The van der Waals surface area contributed by atoms with Crippen LogP contribution in [0.5, 0.6) is 0 Å². The van der Waals surface area contributed by atoms with E-state index >= 15 is 0 Å². The number of hydrogen-bond acceptors (Lipinski definition) is 4. The maximum atomic E-state index is 4.33. The first-order valence-electron chi connectivity index (χ1n) is 6.55. The first kappa shape index (κ1) is 12.3. The smallest absolute Gasteiger partial charge is 0.151 e. The van der Waals surface area contributed by atoms with Gasteiger partial charge in [0.15, 0.2) is 5.82 Å². The van der Waals surface area contributed by atoms with Crippen LogP contribution >= 0.6 is 0 Å². The van der Waals surface area contributed by atoms with Crippen molar-refractivity contribution in [2.45, 2.75) is 26.2 Å². The Hall–Kier alpha value is -1.16. The minimum atomic E-state index is 0.747. The van der Waals surface area contributed by atoms with Gasteiger partial charge in [-0.25, -0.2) is 0 Å².